The Morgan fingerprint density at radius 2 is 1.60 bits per heavy atom. The summed E-state index contributed by atoms with van der Waals surface area (Å²) in [5.74, 6) is 0.251. The Balaban J connectivity index is 2.18. The standard InChI is InChI=1S/C17H22N2O/c1-11-7-6-8-12(2)16(11)9-15(20)10-17-13(3)18-19(5)14(17)4/h6-8H,9-10H2,1-5H3. The number of carbonyl (C=O) groups excluding carboxylic acids is 1. The Morgan fingerprint density at radius 3 is 2.10 bits per heavy atom. The van der Waals surface area contributed by atoms with Gasteiger partial charge in [0.2, 0.25) is 0 Å². The molecule has 2 aromatic rings. The molecule has 3 nitrogen and oxygen atoms in total. The zero-order valence-electron chi connectivity index (χ0n) is 12.9. The normalized spacial score (nSPS) is 10.8. The highest BCUT2D eigenvalue weighted by molar-refractivity contribution is 5.84. The highest BCUT2D eigenvalue weighted by Gasteiger charge is 2.15. The van der Waals surface area contributed by atoms with Gasteiger partial charge in [-0.2, -0.15) is 5.10 Å². The number of aryl methyl sites for hydroxylation is 4. The van der Waals surface area contributed by atoms with Crippen LogP contribution < -0.4 is 0 Å². The zero-order valence-corrected chi connectivity index (χ0v) is 12.9. The van der Waals surface area contributed by atoms with Crippen molar-refractivity contribution >= 4 is 5.78 Å². The SMILES string of the molecule is Cc1cccc(C)c1CC(=O)Cc1c(C)nn(C)c1C. The first-order valence-electron chi connectivity index (χ1n) is 6.96. The summed E-state index contributed by atoms with van der Waals surface area (Å²) in [5, 5.41) is 4.37. The molecule has 1 heterocycles. The zero-order chi connectivity index (χ0) is 14.9. The summed E-state index contributed by atoms with van der Waals surface area (Å²) in [5.41, 5.74) is 6.66. The van der Waals surface area contributed by atoms with Crippen LogP contribution in [0, 0.1) is 27.7 Å². The van der Waals surface area contributed by atoms with E-state index >= 15 is 0 Å². The molecular weight excluding hydrogens is 248 g/mol. The van der Waals surface area contributed by atoms with Crippen molar-refractivity contribution in [1.82, 2.24) is 9.78 Å². The van der Waals surface area contributed by atoms with Gasteiger partial charge in [-0.3, -0.25) is 9.48 Å². The molecule has 0 bridgehead atoms. The molecule has 106 valence electrons. The molecule has 0 fully saturated rings. The fraction of sp³-hybridized carbons (Fsp3) is 0.412. The van der Waals surface area contributed by atoms with E-state index in [1.54, 1.807) is 0 Å². The Labute approximate surface area is 120 Å². The summed E-state index contributed by atoms with van der Waals surface area (Å²) < 4.78 is 1.84. The molecule has 20 heavy (non-hydrogen) atoms. The molecule has 0 unspecified atom stereocenters. The van der Waals surface area contributed by atoms with E-state index in [1.165, 1.54) is 11.1 Å². The van der Waals surface area contributed by atoms with Gasteiger partial charge in [-0.15, -0.1) is 0 Å². The second kappa shape index (κ2) is 5.61. The number of rotatable bonds is 4. The Bertz CT molecular complexity index is 633. The van der Waals surface area contributed by atoms with E-state index in [0.29, 0.717) is 12.8 Å². The van der Waals surface area contributed by atoms with Crippen molar-refractivity contribution in [2.24, 2.45) is 7.05 Å². The van der Waals surface area contributed by atoms with Crippen molar-refractivity contribution in [3.8, 4) is 0 Å². The molecule has 1 aromatic heterocycles. The van der Waals surface area contributed by atoms with Gasteiger partial charge in [-0.1, -0.05) is 18.2 Å². The monoisotopic (exact) mass is 270 g/mol. The summed E-state index contributed by atoms with van der Waals surface area (Å²) >= 11 is 0. The molecule has 2 rings (SSSR count). The van der Waals surface area contributed by atoms with Crippen LogP contribution in [0.2, 0.25) is 0 Å². The first-order chi connectivity index (χ1) is 9.40. The van der Waals surface area contributed by atoms with Crippen LogP contribution in [0.25, 0.3) is 0 Å². The van der Waals surface area contributed by atoms with Crippen LogP contribution in [-0.2, 0) is 24.7 Å². The average Bonchev–Trinajstić information content (AvgIpc) is 2.61. The summed E-state index contributed by atoms with van der Waals surface area (Å²) in [7, 11) is 1.92. The van der Waals surface area contributed by atoms with Crippen LogP contribution in [0.3, 0.4) is 0 Å². The van der Waals surface area contributed by atoms with E-state index in [9.17, 15) is 4.79 Å². The highest BCUT2D eigenvalue weighted by Crippen LogP contribution is 2.17. The molecule has 0 saturated carbocycles. The fourth-order valence-corrected chi connectivity index (χ4v) is 2.66. The Morgan fingerprint density at radius 1 is 1.05 bits per heavy atom. The van der Waals surface area contributed by atoms with Gasteiger partial charge >= 0.3 is 0 Å². The number of nitrogens with zero attached hydrogens (tertiary/aromatic N) is 2. The molecule has 0 saturated heterocycles. The fourth-order valence-electron chi connectivity index (χ4n) is 2.66. The minimum Gasteiger partial charge on any atom is -0.299 e. The third-order valence-corrected chi connectivity index (χ3v) is 4.05. The summed E-state index contributed by atoms with van der Waals surface area (Å²) in [6.45, 7) is 8.11. The van der Waals surface area contributed by atoms with Crippen LogP contribution in [0.4, 0.5) is 0 Å². The quantitative estimate of drug-likeness (QED) is 0.856. The largest absolute Gasteiger partial charge is 0.299 e. The van der Waals surface area contributed by atoms with Crippen molar-refractivity contribution in [3.63, 3.8) is 0 Å². The minimum atomic E-state index is 0.251. The molecule has 3 heteroatoms. The van der Waals surface area contributed by atoms with Gasteiger partial charge in [0.15, 0.2) is 0 Å². The van der Waals surface area contributed by atoms with Crippen molar-refractivity contribution in [3.05, 3.63) is 51.8 Å². The van der Waals surface area contributed by atoms with Gasteiger partial charge in [-0.25, -0.2) is 0 Å². The van der Waals surface area contributed by atoms with Crippen LogP contribution in [0.1, 0.15) is 33.6 Å². The number of aromatic nitrogens is 2. The lowest BCUT2D eigenvalue weighted by molar-refractivity contribution is -0.117. The van der Waals surface area contributed by atoms with E-state index in [0.717, 1.165) is 22.5 Å². The van der Waals surface area contributed by atoms with Gasteiger partial charge in [-0.05, 0) is 44.4 Å². The lowest BCUT2D eigenvalue weighted by Crippen LogP contribution is -2.10. The number of benzene rings is 1. The van der Waals surface area contributed by atoms with Crippen molar-refractivity contribution in [2.75, 3.05) is 0 Å². The predicted octanol–water partition coefficient (Wildman–Crippen LogP) is 3.01. The van der Waals surface area contributed by atoms with Crippen LogP contribution in [0.5, 0.6) is 0 Å². The maximum absolute atomic E-state index is 12.4. The maximum atomic E-state index is 12.4. The van der Waals surface area contributed by atoms with E-state index < -0.39 is 0 Å². The first kappa shape index (κ1) is 14.5. The summed E-state index contributed by atoms with van der Waals surface area (Å²) in [4.78, 5) is 12.4. The van der Waals surface area contributed by atoms with E-state index in [2.05, 4.69) is 31.1 Å². The number of Topliss-reactive ketones (excluding diaryl/α,β-unsaturated/α-hetero) is 1. The number of carbonyl (C=O) groups is 1. The van der Waals surface area contributed by atoms with E-state index in [1.807, 2.05) is 31.6 Å². The van der Waals surface area contributed by atoms with Crippen molar-refractivity contribution in [2.45, 2.75) is 40.5 Å². The highest BCUT2D eigenvalue weighted by atomic mass is 16.1. The molecule has 0 spiro atoms. The van der Waals surface area contributed by atoms with Crippen LogP contribution in [-0.4, -0.2) is 15.6 Å². The maximum Gasteiger partial charge on any atom is 0.141 e. The van der Waals surface area contributed by atoms with Gasteiger partial charge in [0.05, 0.1) is 5.69 Å². The lowest BCUT2D eigenvalue weighted by Gasteiger charge is -2.09. The second-order valence-electron chi connectivity index (χ2n) is 5.54. The van der Waals surface area contributed by atoms with E-state index in [-0.39, 0.29) is 5.78 Å². The Kier molecular flexibility index (Phi) is 4.07. The molecule has 0 radical (unpaired) electrons. The van der Waals surface area contributed by atoms with Gasteiger partial charge in [0.25, 0.3) is 0 Å². The lowest BCUT2D eigenvalue weighted by atomic mass is 9.95. The molecule has 0 atom stereocenters. The predicted molar refractivity (Wildman–Crippen MR) is 81.0 cm³/mol. The topological polar surface area (TPSA) is 34.9 Å². The molecular formula is C17H22N2O. The molecule has 0 aliphatic rings. The number of hydrogen-bond acceptors (Lipinski definition) is 2. The number of ketones is 1. The third kappa shape index (κ3) is 2.82. The van der Waals surface area contributed by atoms with Crippen LogP contribution >= 0.6 is 0 Å². The van der Waals surface area contributed by atoms with Crippen LogP contribution in [0.15, 0.2) is 18.2 Å². The van der Waals surface area contributed by atoms with E-state index in [4.69, 9.17) is 0 Å². The molecule has 0 amide bonds. The smallest absolute Gasteiger partial charge is 0.141 e. The third-order valence-electron chi connectivity index (χ3n) is 4.05. The first-order valence-corrected chi connectivity index (χ1v) is 6.96. The van der Waals surface area contributed by atoms with Crippen molar-refractivity contribution in [1.29, 1.82) is 0 Å². The molecule has 0 aliphatic heterocycles. The average molecular weight is 270 g/mol. The Hall–Kier alpha value is -1.90. The molecule has 0 N–H and O–H groups in total. The minimum absolute atomic E-state index is 0.251. The molecule has 0 aliphatic carbocycles. The number of hydrogen-bond donors (Lipinski definition) is 0. The van der Waals surface area contributed by atoms with Crippen molar-refractivity contribution < 1.29 is 4.79 Å². The van der Waals surface area contributed by atoms with Gasteiger partial charge < -0.3 is 0 Å². The summed E-state index contributed by atoms with van der Waals surface area (Å²) in [6.07, 6.45) is 0.978. The molecule has 1 aromatic carbocycles. The second-order valence-corrected chi connectivity index (χ2v) is 5.54. The van der Waals surface area contributed by atoms with Gasteiger partial charge in [0, 0.05) is 31.1 Å². The summed E-state index contributed by atoms with van der Waals surface area (Å²) in [6, 6.07) is 6.17. The van der Waals surface area contributed by atoms with Gasteiger partial charge in [0.1, 0.15) is 5.78 Å².